The second kappa shape index (κ2) is 34.9. The molecule has 1 aromatic heterocycles. The number of nitrogens with two attached hydrogens (primary N) is 4. The molecule has 3 aromatic carbocycles. The SMILES string of the molecule is CC(C)C[C@H](NC(=O)[C@H](CCCN=C(N)N)NC(=O)CNC(=O)[C@H](CCC(N)=O)NC(=O)[C@@H](N)Cc1ccc(O)cc1)C(=O)N[C@@H](Cc1c[nH]c2ccccc12)C(=O)N[C@@H](C)C(=O)N[C@@H](Cc1ccccc1)C(=O)N[C@@H](CO)C(=O)N[C@@H](CO)C(=O)O. The number of aliphatic hydroxyl groups is 2. The number of carboxylic acid groups (broad SMARTS) is 1. The van der Waals surface area contributed by atoms with Crippen molar-refractivity contribution in [2.24, 2.45) is 33.8 Å². The standard InChI is InChI=1S/C57H79N15O15/c1-30(2)22-41(69-51(81)39(14-9-21-62-57(60)61)66-47(77)27-64-50(80)40(19-20-46(59)76)67-49(79)37(58)23-33-15-17-35(75)18-16-33)53(83)70-43(25-34-26-63-38-13-8-7-12-36(34)38)52(82)65-31(3)48(78)68-42(24-32-10-5-4-6-11-32)54(84)71-44(28-73)55(85)72-45(29-74)56(86)87/h4-8,10-13,15-18,26,30-31,37,39-45,63,73-75H,9,14,19-25,27-29,58H2,1-3H3,(H2,59,76)(H,64,80)(H,65,82)(H,66,77)(H,67,79)(H,68,78)(H,69,81)(H,70,83)(H,71,84)(H,72,85)(H,86,87)(H4,60,61,62)/t31-,37-,39-,40-,41-,42-,43-,44-,45-/m0/s1. The molecule has 9 atom stereocenters. The minimum absolute atomic E-state index is 0.00456. The van der Waals surface area contributed by atoms with Crippen molar-refractivity contribution in [1.82, 2.24) is 52.8 Å². The van der Waals surface area contributed by atoms with Gasteiger partial charge in [0.05, 0.1) is 25.8 Å². The van der Waals surface area contributed by atoms with Gasteiger partial charge in [-0.1, -0.05) is 74.5 Å². The van der Waals surface area contributed by atoms with Crippen molar-refractivity contribution >= 4 is 81.9 Å². The van der Waals surface area contributed by atoms with Gasteiger partial charge >= 0.3 is 5.97 Å². The van der Waals surface area contributed by atoms with Gasteiger partial charge in [-0.3, -0.25) is 52.9 Å². The Morgan fingerprint density at radius 1 is 0.552 bits per heavy atom. The van der Waals surface area contributed by atoms with Crippen LogP contribution in [0.25, 0.3) is 10.9 Å². The number of benzene rings is 3. The Hall–Kier alpha value is -9.68. The molecule has 0 aliphatic rings. The molecule has 10 amide bonds. The van der Waals surface area contributed by atoms with E-state index in [4.69, 9.17) is 22.9 Å². The molecule has 0 bridgehead atoms. The van der Waals surface area contributed by atoms with E-state index in [0.29, 0.717) is 27.6 Å². The van der Waals surface area contributed by atoms with Gasteiger partial charge in [-0.15, -0.1) is 0 Å². The van der Waals surface area contributed by atoms with Crippen molar-refractivity contribution in [3.63, 3.8) is 0 Å². The predicted octanol–water partition coefficient (Wildman–Crippen LogP) is -4.32. The number of primary amides is 1. The zero-order valence-corrected chi connectivity index (χ0v) is 48.4. The number of aromatic hydroxyl groups is 1. The van der Waals surface area contributed by atoms with E-state index in [1.54, 1.807) is 86.8 Å². The molecule has 30 heteroatoms. The molecule has 1 heterocycles. The van der Waals surface area contributed by atoms with Crippen molar-refractivity contribution in [2.45, 2.75) is 127 Å². The molecule has 4 rings (SSSR count). The Labute approximate surface area is 500 Å². The highest BCUT2D eigenvalue weighted by Crippen LogP contribution is 2.20. The molecule has 0 unspecified atom stereocenters. The van der Waals surface area contributed by atoms with E-state index in [1.807, 2.05) is 5.32 Å². The largest absolute Gasteiger partial charge is 0.508 e. The molecule has 22 N–H and O–H groups in total. The summed E-state index contributed by atoms with van der Waals surface area (Å²) in [6, 6.07) is 8.21. The molecule has 0 fully saturated rings. The van der Waals surface area contributed by atoms with Crippen LogP contribution in [0, 0.1) is 5.92 Å². The van der Waals surface area contributed by atoms with Crippen LogP contribution in [-0.2, 0) is 72.0 Å². The van der Waals surface area contributed by atoms with Crippen molar-refractivity contribution in [1.29, 1.82) is 0 Å². The molecule has 0 spiro atoms. The molecule has 4 aromatic rings. The number of carbonyl (C=O) groups is 11. The van der Waals surface area contributed by atoms with Gasteiger partial charge in [0.1, 0.15) is 54.1 Å². The smallest absolute Gasteiger partial charge is 0.328 e. The number of aliphatic hydroxyl groups excluding tert-OH is 2. The highest BCUT2D eigenvalue weighted by Gasteiger charge is 2.35. The molecule has 0 saturated heterocycles. The van der Waals surface area contributed by atoms with Gasteiger partial charge in [0, 0.05) is 42.9 Å². The first-order chi connectivity index (χ1) is 41.3. The number of nitrogens with zero attached hydrogens (tertiary/aromatic N) is 1. The van der Waals surface area contributed by atoms with Gasteiger partial charge in [-0.25, -0.2) is 4.79 Å². The van der Waals surface area contributed by atoms with Crippen molar-refractivity contribution < 1.29 is 73.2 Å². The number of hydrogen-bond acceptors (Lipinski definition) is 16. The van der Waals surface area contributed by atoms with E-state index in [2.05, 4.69) is 52.5 Å². The summed E-state index contributed by atoms with van der Waals surface area (Å²) in [6.07, 6.45) is 0.701. The number of carbonyl (C=O) groups excluding carboxylic acids is 10. The second-order valence-corrected chi connectivity index (χ2v) is 21.0. The van der Waals surface area contributed by atoms with E-state index >= 15 is 0 Å². The van der Waals surface area contributed by atoms with Gasteiger partial charge in [-0.2, -0.15) is 0 Å². The van der Waals surface area contributed by atoms with Crippen LogP contribution in [0.5, 0.6) is 5.75 Å². The molecule has 0 aliphatic carbocycles. The number of H-pyrrole nitrogens is 1. The number of nitrogens with one attached hydrogen (secondary N) is 10. The lowest BCUT2D eigenvalue weighted by Crippen LogP contribution is -2.60. The van der Waals surface area contributed by atoms with E-state index in [9.17, 15) is 73.2 Å². The molecule has 87 heavy (non-hydrogen) atoms. The van der Waals surface area contributed by atoms with Crippen molar-refractivity contribution in [3.05, 3.63) is 102 Å². The number of fused-ring (bicyclic) bond motifs is 1. The topological polar surface area (TPSA) is 509 Å². The Balaban J connectivity index is 1.55. The number of phenols is 1. The summed E-state index contributed by atoms with van der Waals surface area (Å²) in [5, 5.41) is 61.2. The zero-order chi connectivity index (χ0) is 64.3. The summed E-state index contributed by atoms with van der Waals surface area (Å²) < 4.78 is 0. The van der Waals surface area contributed by atoms with Gasteiger partial charge in [0.15, 0.2) is 5.96 Å². The summed E-state index contributed by atoms with van der Waals surface area (Å²) >= 11 is 0. The summed E-state index contributed by atoms with van der Waals surface area (Å²) in [5.74, 6) is -11.1. The average Bonchev–Trinajstić information content (AvgIpc) is 4.18. The lowest BCUT2D eigenvalue weighted by molar-refractivity contribution is -0.143. The normalized spacial score (nSPS) is 14.1. The highest BCUT2D eigenvalue weighted by atomic mass is 16.4. The van der Waals surface area contributed by atoms with Crippen molar-refractivity contribution in [2.75, 3.05) is 26.3 Å². The number of hydrogen-bond donors (Lipinski definition) is 18. The number of aliphatic imine (C=N–C) groups is 1. The Bertz CT molecular complexity index is 3050. The minimum Gasteiger partial charge on any atom is -0.508 e. The lowest BCUT2D eigenvalue weighted by Gasteiger charge is -2.27. The maximum absolute atomic E-state index is 14.6. The van der Waals surface area contributed by atoms with E-state index in [0.717, 1.165) is 0 Å². The van der Waals surface area contributed by atoms with Crippen LogP contribution >= 0.6 is 0 Å². The number of para-hydroxylation sites is 1. The van der Waals surface area contributed by atoms with Gasteiger partial charge in [0.25, 0.3) is 0 Å². The third-order valence-electron chi connectivity index (χ3n) is 13.4. The molecule has 0 saturated carbocycles. The third kappa shape index (κ3) is 23.7. The number of aliphatic carboxylic acids is 1. The molecular weight excluding hydrogens is 1130 g/mol. The molecule has 30 nitrogen and oxygen atoms in total. The monoisotopic (exact) mass is 1210 g/mol. The molecule has 0 radical (unpaired) electrons. The van der Waals surface area contributed by atoms with Crippen LogP contribution in [0.2, 0.25) is 0 Å². The Morgan fingerprint density at radius 3 is 1.71 bits per heavy atom. The maximum Gasteiger partial charge on any atom is 0.328 e. The fraction of sp³-hybridized carbons (Fsp3) is 0.439. The van der Waals surface area contributed by atoms with Gasteiger partial charge < -0.3 is 96.2 Å². The minimum atomic E-state index is -1.76. The second-order valence-electron chi connectivity index (χ2n) is 21.0. The zero-order valence-electron chi connectivity index (χ0n) is 48.4. The average molecular weight is 1210 g/mol. The van der Waals surface area contributed by atoms with Crippen LogP contribution in [0.4, 0.5) is 0 Å². The van der Waals surface area contributed by atoms with Gasteiger partial charge in [-0.05, 0) is 79.8 Å². The molecular formula is C57H79N15O15. The fourth-order valence-electron chi connectivity index (χ4n) is 8.76. The highest BCUT2D eigenvalue weighted by molar-refractivity contribution is 5.98. The van der Waals surface area contributed by atoms with E-state index < -0.39 is 139 Å². The first-order valence-corrected chi connectivity index (χ1v) is 27.9. The summed E-state index contributed by atoms with van der Waals surface area (Å²) in [4.78, 5) is 154. The van der Waals surface area contributed by atoms with Crippen LogP contribution in [-0.4, -0.2) is 177 Å². The number of aromatic nitrogens is 1. The summed E-state index contributed by atoms with van der Waals surface area (Å²) in [7, 11) is 0. The van der Waals surface area contributed by atoms with Crippen LogP contribution in [0.15, 0.2) is 90.1 Å². The quantitative estimate of drug-likeness (QED) is 0.0116. The predicted molar refractivity (Wildman–Crippen MR) is 316 cm³/mol. The molecule has 472 valence electrons. The Morgan fingerprint density at radius 2 is 1.08 bits per heavy atom. The number of phenolic OH excluding ortho intramolecular Hbond substituents is 1. The van der Waals surface area contributed by atoms with Crippen LogP contribution in [0.3, 0.4) is 0 Å². The van der Waals surface area contributed by atoms with E-state index in [-0.39, 0.29) is 75.5 Å². The maximum atomic E-state index is 14.6. The number of rotatable bonds is 36. The number of carboxylic acids is 1. The van der Waals surface area contributed by atoms with E-state index in [1.165, 1.54) is 19.1 Å². The Kier molecular flexibility index (Phi) is 28.0. The summed E-state index contributed by atoms with van der Waals surface area (Å²) in [5.41, 5.74) is 24.9. The number of aromatic amines is 1. The number of guanidine groups is 1. The van der Waals surface area contributed by atoms with Gasteiger partial charge in [0.2, 0.25) is 59.1 Å². The van der Waals surface area contributed by atoms with Crippen LogP contribution < -0.4 is 70.8 Å². The third-order valence-corrected chi connectivity index (χ3v) is 13.4. The number of amides is 10. The van der Waals surface area contributed by atoms with Crippen LogP contribution in [0.1, 0.15) is 69.6 Å². The summed E-state index contributed by atoms with van der Waals surface area (Å²) in [6.45, 7) is 2.09. The molecule has 0 aliphatic heterocycles. The first-order valence-electron chi connectivity index (χ1n) is 27.9. The lowest BCUT2D eigenvalue weighted by atomic mass is 10.00. The fourth-order valence-corrected chi connectivity index (χ4v) is 8.76. The first kappa shape index (κ1) is 69.8. The van der Waals surface area contributed by atoms with Crippen molar-refractivity contribution in [3.8, 4) is 5.75 Å².